The van der Waals surface area contributed by atoms with Crippen molar-refractivity contribution < 1.29 is 8.91 Å². The minimum Gasteiger partial charge on any atom is -0.337 e. The van der Waals surface area contributed by atoms with Gasteiger partial charge in [-0.3, -0.25) is 4.79 Å². The van der Waals surface area contributed by atoms with Crippen molar-refractivity contribution in [3.8, 4) is 11.3 Å². The Morgan fingerprint density at radius 1 is 1.19 bits per heavy atom. The Bertz CT molecular complexity index is 1050. The fraction of sp³-hybridized carbons (Fsp3) is 0.238. The molecule has 3 aromatic rings. The van der Waals surface area contributed by atoms with Crippen molar-refractivity contribution in [2.24, 2.45) is 6.98 Å². The molecule has 0 atom stereocenters. The van der Waals surface area contributed by atoms with Crippen LogP contribution in [0.2, 0.25) is 0 Å². The van der Waals surface area contributed by atoms with Gasteiger partial charge >= 0.3 is 0 Å². The normalized spacial score (nSPS) is 17.2. The fourth-order valence-electron chi connectivity index (χ4n) is 3.33. The smallest absolute Gasteiger partial charge is 0.246 e. The van der Waals surface area contributed by atoms with Gasteiger partial charge in [-0.15, -0.1) is 0 Å². The van der Waals surface area contributed by atoms with Crippen LogP contribution in [0.5, 0.6) is 0 Å². The van der Waals surface area contributed by atoms with Crippen LogP contribution in [-0.2, 0) is 11.8 Å². The van der Waals surface area contributed by atoms with Crippen molar-refractivity contribution >= 4 is 23.0 Å². The number of fused-ring (bicyclic) bond motifs is 1. The molecule has 0 aliphatic carbocycles. The van der Waals surface area contributed by atoms with Gasteiger partial charge < -0.3 is 14.8 Å². The van der Waals surface area contributed by atoms with E-state index < -0.39 is 6.98 Å². The third-order valence-corrected chi connectivity index (χ3v) is 4.64. The molecule has 5 heteroatoms. The van der Waals surface area contributed by atoms with Crippen LogP contribution in [-0.4, -0.2) is 46.5 Å². The standard InChI is InChI=1S/C21H22N4O/c1-24-20(16-6-3-2-4-7-16)17(18-8-5-11-23-21(18)24)9-10-19(26)25-14-12-22-13-15-25/h2-11,22H,12-15H2,1H3/b10-9+/i1D3. The van der Waals surface area contributed by atoms with Crippen molar-refractivity contribution in [1.29, 1.82) is 0 Å². The molecule has 0 saturated carbocycles. The monoisotopic (exact) mass is 349 g/mol. The minimum atomic E-state index is -2.41. The lowest BCUT2D eigenvalue weighted by Crippen LogP contribution is -2.45. The van der Waals surface area contributed by atoms with E-state index in [2.05, 4.69) is 10.3 Å². The molecular weight excluding hydrogens is 324 g/mol. The van der Waals surface area contributed by atoms with Gasteiger partial charge in [0.1, 0.15) is 5.65 Å². The first kappa shape index (κ1) is 13.3. The van der Waals surface area contributed by atoms with Crippen molar-refractivity contribution in [2.45, 2.75) is 0 Å². The number of aryl methyl sites for hydroxylation is 1. The predicted molar refractivity (Wildman–Crippen MR) is 105 cm³/mol. The Morgan fingerprint density at radius 2 is 2.00 bits per heavy atom. The summed E-state index contributed by atoms with van der Waals surface area (Å²) < 4.78 is 25.5. The van der Waals surface area contributed by atoms with Crippen LogP contribution >= 0.6 is 0 Å². The van der Waals surface area contributed by atoms with Crippen LogP contribution in [0.1, 0.15) is 9.68 Å². The van der Waals surface area contributed by atoms with E-state index in [-0.39, 0.29) is 5.91 Å². The number of benzene rings is 1. The molecule has 1 amide bonds. The SMILES string of the molecule is [2H]C([2H])([2H])n1c(-c2ccccc2)c(/C=C/C(=O)N2CCNCC2)c2cccnc21. The van der Waals surface area contributed by atoms with Crippen LogP contribution in [0.4, 0.5) is 0 Å². The molecule has 0 radical (unpaired) electrons. The third-order valence-electron chi connectivity index (χ3n) is 4.64. The molecular formula is C21H22N4O. The molecule has 0 spiro atoms. The molecule has 1 saturated heterocycles. The number of piperazine rings is 1. The Morgan fingerprint density at radius 3 is 2.77 bits per heavy atom. The summed E-state index contributed by atoms with van der Waals surface area (Å²) in [6.07, 6.45) is 4.83. The zero-order valence-corrected chi connectivity index (χ0v) is 14.4. The van der Waals surface area contributed by atoms with Crippen LogP contribution in [0.25, 0.3) is 28.4 Å². The maximum atomic E-state index is 12.6. The molecule has 3 heterocycles. The average Bonchev–Trinajstić information content (AvgIpc) is 3.08. The van der Waals surface area contributed by atoms with Crippen molar-refractivity contribution in [2.75, 3.05) is 26.2 Å². The Hall–Kier alpha value is -2.92. The van der Waals surface area contributed by atoms with Crippen molar-refractivity contribution in [1.82, 2.24) is 19.8 Å². The Kier molecular flexibility index (Phi) is 3.65. The lowest BCUT2D eigenvalue weighted by molar-refractivity contribution is -0.126. The Labute approximate surface area is 157 Å². The summed E-state index contributed by atoms with van der Waals surface area (Å²) in [6, 6.07) is 13.0. The van der Waals surface area contributed by atoms with Crippen LogP contribution in [0.15, 0.2) is 54.7 Å². The highest BCUT2D eigenvalue weighted by molar-refractivity contribution is 6.00. The van der Waals surface area contributed by atoms with E-state index in [1.807, 2.05) is 36.4 Å². The van der Waals surface area contributed by atoms with E-state index in [1.54, 1.807) is 23.2 Å². The largest absolute Gasteiger partial charge is 0.337 e. The summed E-state index contributed by atoms with van der Waals surface area (Å²) >= 11 is 0. The van der Waals surface area contributed by atoms with Crippen LogP contribution in [0, 0.1) is 0 Å². The topological polar surface area (TPSA) is 50.2 Å². The second-order valence-corrected chi connectivity index (χ2v) is 6.25. The molecule has 1 aliphatic heterocycles. The number of hydrogen-bond acceptors (Lipinski definition) is 3. The van der Waals surface area contributed by atoms with Gasteiger partial charge in [-0.1, -0.05) is 30.3 Å². The lowest BCUT2D eigenvalue weighted by atomic mass is 10.1. The fourth-order valence-corrected chi connectivity index (χ4v) is 3.33. The number of amides is 1. The van der Waals surface area contributed by atoms with Gasteiger partial charge in [0.15, 0.2) is 0 Å². The number of pyridine rings is 1. The molecule has 1 aliphatic rings. The number of rotatable bonds is 3. The van der Waals surface area contributed by atoms with Gasteiger partial charge in [-0.05, 0) is 23.8 Å². The summed E-state index contributed by atoms with van der Waals surface area (Å²) in [5, 5.41) is 3.93. The molecule has 0 bridgehead atoms. The van der Waals surface area contributed by atoms with E-state index in [9.17, 15) is 4.79 Å². The van der Waals surface area contributed by atoms with Gasteiger partial charge in [-0.25, -0.2) is 4.98 Å². The van der Waals surface area contributed by atoms with Crippen LogP contribution in [0.3, 0.4) is 0 Å². The number of carbonyl (C=O) groups excluding carboxylic acids is 1. The molecule has 4 rings (SSSR count). The summed E-state index contributed by atoms with van der Waals surface area (Å²) in [4.78, 5) is 18.8. The number of nitrogens with zero attached hydrogens (tertiary/aromatic N) is 3. The van der Waals surface area contributed by atoms with E-state index in [0.29, 0.717) is 35.4 Å². The first-order valence-corrected chi connectivity index (χ1v) is 8.70. The molecule has 1 aromatic carbocycles. The second kappa shape index (κ2) is 7.14. The predicted octanol–water partition coefficient (Wildman–Crippen LogP) is 2.69. The molecule has 26 heavy (non-hydrogen) atoms. The highest BCUT2D eigenvalue weighted by Gasteiger charge is 2.17. The second-order valence-electron chi connectivity index (χ2n) is 6.25. The summed E-state index contributed by atoms with van der Waals surface area (Å²) in [5.41, 5.74) is 2.35. The summed E-state index contributed by atoms with van der Waals surface area (Å²) in [7, 11) is 0. The van der Waals surface area contributed by atoms with Gasteiger partial charge in [-0.2, -0.15) is 0 Å². The summed E-state index contributed by atoms with van der Waals surface area (Å²) in [5.74, 6) is -0.0795. The van der Waals surface area contributed by atoms with E-state index in [0.717, 1.165) is 18.7 Å². The summed E-state index contributed by atoms with van der Waals surface area (Å²) in [6.45, 7) is 0.460. The van der Waals surface area contributed by atoms with Gasteiger partial charge in [0.05, 0.1) is 5.69 Å². The quantitative estimate of drug-likeness (QED) is 0.740. The number of nitrogens with one attached hydrogen (secondary N) is 1. The molecule has 1 N–H and O–H groups in total. The first-order valence-electron chi connectivity index (χ1n) is 10.2. The van der Waals surface area contributed by atoms with E-state index in [1.165, 1.54) is 10.6 Å². The molecule has 1 fully saturated rings. The molecule has 2 aromatic heterocycles. The highest BCUT2D eigenvalue weighted by Crippen LogP contribution is 2.33. The molecule has 132 valence electrons. The van der Waals surface area contributed by atoms with Gasteiger partial charge in [0, 0.05) is 60.5 Å². The number of hydrogen-bond donors (Lipinski definition) is 1. The zero-order chi connectivity index (χ0) is 20.4. The van der Waals surface area contributed by atoms with Gasteiger partial charge in [0.2, 0.25) is 5.91 Å². The minimum absolute atomic E-state index is 0.0795. The van der Waals surface area contributed by atoms with E-state index in [4.69, 9.17) is 4.11 Å². The number of carbonyl (C=O) groups is 1. The Balaban J connectivity index is 1.88. The van der Waals surface area contributed by atoms with Gasteiger partial charge in [0.25, 0.3) is 0 Å². The number of aromatic nitrogens is 2. The average molecular weight is 349 g/mol. The molecule has 0 unspecified atom stereocenters. The first-order chi connectivity index (χ1) is 14.0. The lowest BCUT2D eigenvalue weighted by Gasteiger charge is -2.26. The third kappa shape index (κ3) is 3.02. The van der Waals surface area contributed by atoms with Crippen molar-refractivity contribution in [3.05, 3.63) is 60.3 Å². The molecule has 5 nitrogen and oxygen atoms in total. The highest BCUT2D eigenvalue weighted by atomic mass is 16.2. The zero-order valence-electron chi connectivity index (χ0n) is 17.4. The maximum absolute atomic E-state index is 12.6. The maximum Gasteiger partial charge on any atom is 0.246 e. The van der Waals surface area contributed by atoms with Crippen molar-refractivity contribution in [3.63, 3.8) is 0 Å². The van der Waals surface area contributed by atoms with Crippen LogP contribution < -0.4 is 5.32 Å². The van der Waals surface area contributed by atoms with E-state index >= 15 is 0 Å².